The topological polar surface area (TPSA) is 9.23 Å². The smallest absolute Gasteiger partial charge is 0.0652 e. The molecule has 1 aromatic carbocycles. The Balaban J connectivity index is 2.59. The Morgan fingerprint density at radius 3 is 3.00 bits per heavy atom. The quantitative estimate of drug-likeness (QED) is 0.645. The van der Waals surface area contributed by atoms with E-state index in [9.17, 15) is 0 Å². The van der Waals surface area contributed by atoms with E-state index < -0.39 is 0 Å². The van der Waals surface area contributed by atoms with Gasteiger partial charge in [-0.25, -0.2) is 0 Å². The predicted molar refractivity (Wildman–Crippen MR) is 59.1 cm³/mol. The van der Waals surface area contributed by atoms with Crippen molar-refractivity contribution in [3.63, 3.8) is 0 Å². The van der Waals surface area contributed by atoms with Crippen molar-refractivity contribution >= 4 is 0 Å². The molecule has 0 N–H and O–H groups in total. The number of benzene rings is 1. The van der Waals surface area contributed by atoms with Gasteiger partial charge in [0.2, 0.25) is 0 Å². The zero-order valence-corrected chi connectivity index (χ0v) is 8.58. The SMILES string of the molecule is COC/C=C\C#Cc1cccc(C)c1. The summed E-state index contributed by atoms with van der Waals surface area (Å²) in [5.74, 6) is 6.01. The summed E-state index contributed by atoms with van der Waals surface area (Å²) in [4.78, 5) is 0. The van der Waals surface area contributed by atoms with Crippen molar-refractivity contribution in [1.82, 2.24) is 0 Å². The molecule has 72 valence electrons. The van der Waals surface area contributed by atoms with Crippen LogP contribution in [0.1, 0.15) is 11.1 Å². The lowest BCUT2D eigenvalue weighted by Crippen LogP contribution is -1.79. The second-order valence-electron chi connectivity index (χ2n) is 3.00. The molecule has 0 amide bonds. The highest BCUT2D eigenvalue weighted by molar-refractivity contribution is 5.38. The van der Waals surface area contributed by atoms with Crippen LogP contribution in [0.15, 0.2) is 36.4 Å². The van der Waals surface area contributed by atoms with Gasteiger partial charge in [-0.15, -0.1) is 0 Å². The summed E-state index contributed by atoms with van der Waals surface area (Å²) < 4.78 is 4.86. The van der Waals surface area contributed by atoms with Gasteiger partial charge in [-0.1, -0.05) is 30.0 Å². The summed E-state index contributed by atoms with van der Waals surface area (Å²) in [7, 11) is 1.67. The van der Waals surface area contributed by atoms with Gasteiger partial charge < -0.3 is 4.74 Å². The third-order valence-electron chi connectivity index (χ3n) is 1.70. The van der Waals surface area contributed by atoms with Gasteiger partial charge in [-0.05, 0) is 30.7 Å². The molecule has 1 aromatic rings. The monoisotopic (exact) mass is 186 g/mol. The van der Waals surface area contributed by atoms with Crippen molar-refractivity contribution in [2.75, 3.05) is 13.7 Å². The van der Waals surface area contributed by atoms with Crippen LogP contribution in [-0.2, 0) is 4.74 Å². The van der Waals surface area contributed by atoms with Crippen LogP contribution in [0.3, 0.4) is 0 Å². The van der Waals surface area contributed by atoms with Gasteiger partial charge in [0.1, 0.15) is 0 Å². The van der Waals surface area contributed by atoms with Gasteiger partial charge in [0.15, 0.2) is 0 Å². The number of hydrogen-bond acceptors (Lipinski definition) is 1. The van der Waals surface area contributed by atoms with Crippen LogP contribution in [-0.4, -0.2) is 13.7 Å². The fourth-order valence-electron chi connectivity index (χ4n) is 1.05. The van der Waals surface area contributed by atoms with Crippen molar-refractivity contribution in [1.29, 1.82) is 0 Å². The summed E-state index contributed by atoms with van der Waals surface area (Å²) in [5, 5.41) is 0. The van der Waals surface area contributed by atoms with Gasteiger partial charge in [0.25, 0.3) is 0 Å². The average molecular weight is 186 g/mol. The minimum atomic E-state index is 0.614. The molecule has 0 aliphatic rings. The molecule has 0 unspecified atom stereocenters. The lowest BCUT2D eigenvalue weighted by atomic mass is 10.1. The lowest BCUT2D eigenvalue weighted by Gasteiger charge is -1.91. The first-order valence-corrected chi connectivity index (χ1v) is 4.55. The van der Waals surface area contributed by atoms with E-state index in [1.807, 2.05) is 24.3 Å². The molecular formula is C13H14O. The molecule has 0 radical (unpaired) electrons. The molecule has 0 aliphatic carbocycles. The Hall–Kier alpha value is -1.52. The Morgan fingerprint density at radius 2 is 2.29 bits per heavy atom. The molecule has 1 rings (SSSR count). The zero-order chi connectivity index (χ0) is 10.2. The summed E-state index contributed by atoms with van der Waals surface area (Å²) in [6.07, 6.45) is 3.70. The normalized spacial score (nSPS) is 9.86. The van der Waals surface area contributed by atoms with Crippen LogP contribution in [0, 0.1) is 18.8 Å². The van der Waals surface area contributed by atoms with Crippen molar-refractivity contribution in [2.45, 2.75) is 6.92 Å². The maximum Gasteiger partial charge on any atom is 0.0652 e. The summed E-state index contributed by atoms with van der Waals surface area (Å²) in [6.45, 7) is 2.68. The summed E-state index contributed by atoms with van der Waals surface area (Å²) in [5.41, 5.74) is 2.28. The Bertz CT molecular complexity index is 366. The van der Waals surface area contributed by atoms with Gasteiger partial charge in [-0.2, -0.15) is 0 Å². The van der Waals surface area contributed by atoms with Gasteiger partial charge in [0.05, 0.1) is 6.61 Å². The van der Waals surface area contributed by atoms with Crippen LogP contribution >= 0.6 is 0 Å². The van der Waals surface area contributed by atoms with Gasteiger partial charge in [-0.3, -0.25) is 0 Å². The molecule has 1 heteroatoms. The average Bonchev–Trinajstić information content (AvgIpc) is 2.18. The van der Waals surface area contributed by atoms with E-state index in [1.54, 1.807) is 7.11 Å². The standard InChI is InChI=1S/C13H14O/c1-12-7-6-9-13(11-12)8-4-3-5-10-14-2/h3,5-7,9,11H,10H2,1-2H3/b5-3-. The minimum absolute atomic E-state index is 0.614. The van der Waals surface area contributed by atoms with Crippen molar-refractivity contribution in [2.24, 2.45) is 0 Å². The molecule has 0 aromatic heterocycles. The van der Waals surface area contributed by atoms with Crippen LogP contribution in [0.4, 0.5) is 0 Å². The van der Waals surface area contributed by atoms with Gasteiger partial charge >= 0.3 is 0 Å². The molecule has 0 saturated carbocycles. The first kappa shape index (κ1) is 10.6. The number of hydrogen-bond donors (Lipinski definition) is 0. The molecule has 0 atom stereocenters. The second-order valence-corrected chi connectivity index (χ2v) is 3.00. The fraction of sp³-hybridized carbons (Fsp3) is 0.231. The van der Waals surface area contributed by atoms with E-state index in [0.29, 0.717) is 6.61 Å². The maximum atomic E-state index is 4.86. The molecule has 0 heterocycles. The Labute approximate surface area is 85.4 Å². The van der Waals surface area contributed by atoms with E-state index in [1.165, 1.54) is 5.56 Å². The first-order valence-electron chi connectivity index (χ1n) is 4.55. The van der Waals surface area contributed by atoms with E-state index >= 15 is 0 Å². The first-order chi connectivity index (χ1) is 6.83. The summed E-state index contributed by atoms with van der Waals surface area (Å²) >= 11 is 0. The molecule has 1 nitrogen and oxygen atoms in total. The molecule has 14 heavy (non-hydrogen) atoms. The molecular weight excluding hydrogens is 172 g/mol. The highest BCUT2D eigenvalue weighted by atomic mass is 16.5. The number of allylic oxidation sites excluding steroid dienone is 1. The molecule has 0 saturated heterocycles. The highest BCUT2D eigenvalue weighted by Crippen LogP contribution is 2.01. The molecule has 0 spiro atoms. The van der Waals surface area contributed by atoms with Crippen LogP contribution in [0.2, 0.25) is 0 Å². The minimum Gasteiger partial charge on any atom is -0.381 e. The Kier molecular flexibility index (Phi) is 4.54. The number of rotatable bonds is 2. The lowest BCUT2D eigenvalue weighted by molar-refractivity contribution is 0.234. The number of ether oxygens (including phenoxy) is 1. The van der Waals surface area contributed by atoms with Crippen LogP contribution in [0.25, 0.3) is 0 Å². The van der Waals surface area contributed by atoms with Crippen molar-refractivity contribution < 1.29 is 4.74 Å². The number of aryl methyl sites for hydroxylation is 1. The largest absolute Gasteiger partial charge is 0.381 e. The van der Waals surface area contributed by atoms with Gasteiger partial charge in [0, 0.05) is 12.7 Å². The van der Waals surface area contributed by atoms with Crippen molar-refractivity contribution in [3.8, 4) is 11.8 Å². The molecule has 0 aliphatic heterocycles. The van der Waals surface area contributed by atoms with E-state index in [4.69, 9.17) is 4.74 Å². The maximum absolute atomic E-state index is 4.86. The Morgan fingerprint density at radius 1 is 1.43 bits per heavy atom. The fourth-order valence-corrected chi connectivity index (χ4v) is 1.05. The van der Waals surface area contributed by atoms with E-state index in [-0.39, 0.29) is 0 Å². The molecule has 0 bridgehead atoms. The van der Waals surface area contributed by atoms with Crippen molar-refractivity contribution in [3.05, 3.63) is 47.5 Å². The van der Waals surface area contributed by atoms with Crippen LogP contribution in [0.5, 0.6) is 0 Å². The van der Waals surface area contributed by atoms with Crippen LogP contribution < -0.4 is 0 Å². The molecule has 0 fully saturated rings. The summed E-state index contributed by atoms with van der Waals surface area (Å²) in [6, 6.07) is 8.14. The second kappa shape index (κ2) is 6.01. The number of methoxy groups -OCH3 is 1. The third kappa shape index (κ3) is 3.93. The van der Waals surface area contributed by atoms with E-state index in [2.05, 4.69) is 30.9 Å². The zero-order valence-electron chi connectivity index (χ0n) is 8.58. The third-order valence-corrected chi connectivity index (χ3v) is 1.70. The highest BCUT2D eigenvalue weighted by Gasteiger charge is 1.85. The predicted octanol–water partition coefficient (Wildman–Crippen LogP) is 2.55. The van der Waals surface area contributed by atoms with E-state index in [0.717, 1.165) is 5.56 Å².